The van der Waals surface area contributed by atoms with E-state index in [0.29, 0.717) is 23.3 Å². The number of aromatic nitrogens is 2. The summed E-state index contributed by atoms with van der Waals surface area (Å²) in [6, 6.07) is 7.37. The molecule has 7 heteroatoms. The van der Waals surface area contributed by atoms with Gasteiger partial charge in [-0.15, -0.1) is 0 Å². The molecule has 6 nitrogen and oxygen atoms in total. The minimum atomic E-state index is 0.112. The van der Waals surface area contributed by atoms with Gasteiger partial charge >= 0.3 is 0 Å². The maximum absolute atomic E-state index is 12.6. The van der Waals surface area contributed by atoms with Crippen molar-refractivity contribution in [3.63, 3.8) is 0 Å². The topological polar surface area (TPSA) is 71.3 Å². The summed E-state index contributed by atoms with van der Waals surface area (Å²) in [7, 11) is 0. The molecule has 3 heterocycles. The zero-order chi connectivity index (χ0) is 17.2. The first-order chi connectivity index (χ1) is 12.2. The summed E-state index contributed by atoms with van der Waals surface area (Å²) in [5, 5.41) is 8.04. The maximum atomic E-state index is 12.6. The molecule has 2 atom stereocenters. The summed E-state index contributed by atoms with van der Waals surface area (Å²) in [4.78, 5) is 19.2. The highest BCUT2D eigenvalue weighted by Gasteiger charge is 2.33. The van der Waals surface area contributed by atoms with Gasteiger partial charge < -0.3 is 14.7 Å². The van der Waals surface area contributed by atoms with E-state index in [9.17, 15) is 4.79 Å². The summed E-state index contributed by atoms with van der Waals surface area (Å²) in [6.45, 7) is 3.21. The van der Waals surface area contributed by atoms with Crippen molar-refractivity contribution in [3.8, 4) is 11.4 Å². The summed E-state index contributed by atoms with van der Waals surface area (Å²) < 4.78 is 5.50. The highest BCUT2D eigenvalue weighted by atomic mass is 35.5. The van der Waals surface area contributed by atoms with Crippen molar-refractivity contribution in [2.24, 2.45) is 5.92 Å². The molecule has 2 saturated heterocycles. The van der Waals surface area contributed by atoms with Crippen LogP contribution >= 0.6 is 11.6 Å². The Bertz CT molecular complexity index is 740. The number of nitrogens with one attached hydrogen (secondary N) is 1. The van der Waals surface area contributed by atoms with Crippen molar-refractivity contribution < 1.29 is 9.32 Å². The third-order valence-corrected chi connectivity index (χ3v) is 5.29. The van der Waals surface area contributed by atoms with Crippen LogP contribution in [0.25, 0.3) is 11.4 Å². The van der Waals surface area contributed by atoms with Gasteiger partial charge in [0, 0.05) is 30.2 Å². The van der Waals surface area contributed by atoms with E-state index < -0.39 is 0 Å². The molecule has 1 aromatic carbocycles. The highest BCUT2D eigenvalue weighted by Crippen LogP contribution is 2.29. The van der Waals surface area contributed by atoms with Gasteiger partial charge in [-0.2, -0.15) is 4.98 Å². The van der Waals surface area contributed by atoms with Crippen molar-refractivity contribution >= 4 is 17.5 Å². The molecule has 1 aromatic heterocycles. The lowest BCUT2D eigenvalue weighted by Gasteiger charge is -2.32. The minimum Gasteiger partial charge on any atom is -0.342 e. The summed E-state index contributed by atoms with van der Waals surface area (Å²) in [5.74, 6) is 1.67. The second kappa shape index (κ2) is 7.14. The highest BCUT2D eigenvalue weighted by molar-refractivity contribution is 6.30. The first kappa shape index (κ1) is 16.5. The van der Waals surface area contributed by atoms with E-state index in [1.807, 2.05) is 29.2 Å². The normalized spacial score (nSPS) is 23.8. The van der Waals surface area contributed by atoms with Gasteiger partial charge in [-0.1, -0.05) is 16.8 Å². The number of hydrogen-bond donors (Lipinski definition) is 1. The van der Waals surface area contributed by atoms with Gasteiger partial charge in [0.1, 0.15) is 0 Å². The minimum absolute atomic E-state index is 0.112. The molecule has 1 amide bonds. The number of nitrogens with zero attached hydrogens (tertiary/aromatic N) is 3. The monoisotopic (exact) mass is 360 g/mol. The van der Waals surface area contributed by atoms with Crippen molar-refractivity contribution in [2.75, 3.05) is 26.2 Å². The van der Waals surface area contributed by atoms with Gasteiger partial charge in [0.25, 0.3) is 0 Å². The molecule has 2 aliphatic rings. The van der Waals surface area contributed by atoms with Crippen LogP contribution in [0, 0.1) is 5.92 Å². The zero-order valence-corrected chi connectivity index (χ0v) is 14.7. The molecular formula is C18H21ClN4O2. The number of hydrogen-bond acceptors (Lipinski definition) is 5. The molecule has 2 unspecified atom stereocenters. The Morgan fingerprint density at radius 1 is 1.28 bits per heavy atom. The second-order valence-electron chi connectivity index (χ2n) is 6.78. The first-order valence-corrected chi connectivity index (χ1v) is 9.17. The Morgan fingerprint density at radius 2 is 2.12 bits per heavy atom. The quantitative estimate of drug-likeness (QED) is 0.911. The van der Waals surface area contributed by atoms with Gasteiger partial charge in [0.2, 0.25) is 17.6 Å². The molecule has 0 spiro atoms. The summed E-state index contributed by atoms with van der Waals surface area (Å²) >= 11 is 5.92. The molecule has 2 fully saturated rings. The van der Waals surface area contributed by atoms with Gasteiger partial charge in [-0.3, -0.25) is 4.79 Å². The van der Waals surface area contributed by atoms with Crippen LogP contribution in [0.15, 0.2) is 28.8 Å². The average Bonchev–Trinajstić information content (AvgIpc) is 3.34. The van der Waals surface area contributed by atoms with Crippen LogP contribution in [0.1, 0.15) is 31.1 Å². The molecule has 25 heavy (non-hydrogen) atoms. The Morgan fingerprint density at radius 3 is 2.88 bits per heavy atom. The Hall–Kier alpha value is -1.92. The van der Waals surface area contributed by atoms with Crippen LogP contribution in [0.5, 0.6) is 0 Å². The van der Waals surface area contributed by atoms with E-state index in [1.54, 1.807) is 0 Å². The lowest BCUT2D eigenvalue weighted by molar-refractivity contribution is -0.136. The Labute approximate surface area is 151 Å². The van der Waals surface area contributed by atoms with Crippen LogP contribution < -0.4 is 5.32 Å². The van der Waals surface area contributed by atoms with Crippen molar-refractivity contribution in [1.29, 1.82) is 0 Å². The fraction of sp³-hybridized carbons (Fsp3) is 0.500. The average molecular weight is 361 g/mol. The third kappa shape index (κ3) is 3.55. The first-order valence-electron chi connectivity index (χ1n) is 8.80. The molecule has 0 bridgehead atoms. The smallest absolute Gasteiger partial charge is 0.231 e. The molecule has 1 N–H and O–H groups in total. The number of rotatable bonds is 3. The van der Waals surface area contributed by atoms with Gasteiger partial charge in [0.15, 0.2) is 0 Å². The van der Waals surface area contributed by atoms with E-state index in [2.05, 4.69) is 15.5 Å². The number of benzene rings is 1. The van der Waals surface area contributed by atoms with E-state index in [4.69, 9.17) is 16.1 Å². The molecule has 0 radical (unpaired) electrons. The van der Waals surface area contributed by atoms with Gasteiger partial charge in [-0.25, -0.2) is 0 Å². The molecule has 2 aliphatic heterocycles. The van der Waals surface area contributed by atoms with Crippen LogP contribution in [-0.4, -0.2) is 47.1 Å². The summed E-state index contributed by atoms with van der Waals surface area (Å²) in [6.07, 6.45) is 2.87. The maximum Gasteiger partial charge on any atom is 0.231 e. The fourth-order valence-electron chi connectivity index (χ4n) is 3.62. The van der Waals surface area contributed by atoms with Crippen molar-refractivity contribution in [2.45, 2.75) is 25.2 Å². The number of likely N-dealkylation sites (tertiary alicyclic amines) is 1. The van der Waals surface area contributed by atoms with Crippen molar-refractivity contribution in [1.82, 2.24) is 20.4 Å². The lowest BCUT2D eigenvalue weighted by atomic mass is 9.96. The molecular weight excluding hydrogens is 340 g/mol. The molecule has 0 saturated carbocycles. The molecule has 0 aliphatic carbocycles. The zero-order valence-electron chi connectivity index (χ0n) is 13.9. The molecule has 2 aromatic rings. The number of carbonyl (C=O) groups excluding carboxylic acids is 1. The largest absolute Gasteiger partial charge is 0.342 e. The SMILES string of the molecule is O=C(C1CCNC1)N1CCCC(c2nc(-c3ccc(Cl)cc3)no2)C1. The standard InChI is InChI=1S/C18H21ClN4O2/c19-15-5-3-12(4-6-15)16-21-17(25-22-16)14-2-1-9-23(11-14)18(24)13-7-8-20-10-13/h3-6,13-14,20H,1-2,7-11H2. The molecule has 132 valence electrons. The Balaban J connectivity index is 1.46. The fourth-order valence-corrected chi connectivity index (χ4v) is 3.75. The summed E-state index contributed by atoms with van der Waals surface area (Å²) in [5.41, 5.74) is 0.875. The van der Waals surface area contributed by atoms with E-state index in [0.717, 1.165) is 44.5 Å². The van der Waals surface area contributed by atoms with E-state index >= 15 is 0 Å². The Kier molecular flexibility index (Phi) is 4.72. The van der Waals surface area contributed by atoms with E-state index in [1.165, 1.54) is 0 Å². The van der Waals surface area contributed by atoms with E-state index in [-0.39, 0.29) is 17.7 Å². The predicted molar refractivity (Wildman–Crippen MR) is 94.3 cm³/mol. The van der Waals surface area contributed by atoms with Crippen LogP contribution in [0.3, 0.4) is 0 Å². The van der Waals surface area contributed by atoms with Gasteiger partial charge in [0.05, 0.1) is 11.8 Å². The molecule has 4 rings (SSSR count). The number of halogens is 1. The third-order valence-electron chi connectivity index (χ3n) is 5.04. The number of piperidine rings is 1. The predicted octanol–water partition coefficient (Wildman–Crippen LogP) is 2.71. The van der Waals surface area contributed by atoms with Crippen LogP contribution in [0.4, 0.5) is 0 Å². The van der Waals surface area contributed by atoms with Crippen LogP contribution in [0.2, 0.25) is 5.02 Å². The number of carbonyl (C=O) groups is 1. The van der Waals surface area contributed by atoms with Crippen molar-refractivity contribution in [3.05, 3.63) is 35.2 Å². The van der Waals surface area contributed by atoms with Gasteiger partial charge in [-0.05, 0) is 50.1 Å². The number of amides is 1. The lowest BCUT2D eigenvalue weighted by Crippen LogP contribution is -2.43. The second-order valence-corrected chi connectivity index (χ2v) is 7.21. The van der Waals surface area contributed by atoms with Crippen LogP contribution in [-0.2, 0) is 4.79 Å².